The molecule has 1 aromatic heterocycles. The van der Waals surface area contributed by atoms with Gasteiger partial charge in [0.15, 0.2) is 5.96 Å². The number of aliphatic imine (C=N–C) groups is 1. The number of benzene rings is 1. The highest BCUT2D eigenvalue weighted by Crippen LogP contribution is 2.16. The molecule has 2 rings (SSSR count). The zero-order valence-electron chi connectivity index (χ0n) is 13.8. The van der Waals surface area contributed by atoms with E-state index in [1.165, 1.54) is 11.1 Å². The van der Waals surface area contributed by atoms with Gasteiger partial charge in [-0.1, -0.05) is 30.3 Å². The molecule has 0 bridgehead atoms. The van der Waals surface area contributed by atoms with Gasteiger partial charge in [0.05, 0.1) is 6.04 Å². The van der Waals surface area contributed by atoms with Crippen LogP contribution in [0.2, 0.25) is 0 Å². The fourth-order valence-electron chi connectivity index (χ4n) is 2.27. The predicted molar refractivity (Wildman–Crippen MR) is 111 cm³/mol. The lowest BCUT2D eigenvalue weighted by molar-refractivity contribution is 0.298. The van der Waals surface area contributed by atoms with Gasteiger partial charge in [-0.2, -0.15) is 11.3 Å². The van der Waals surface area contributed by atoms with E-state index >= 15 is 0 Å². The van der Waals surface area contributed by atoms with Crippen molar-refractivity contribution in [2.75, 3.05) is 27.7 Å². The molecule has 6 heteroatoms. The molecule has 1 heterocycles. The smallest absolute Gasteiger partial charge is 0.191 e. The van der Waals surface area contributed by atoms with Crippen molar-refractivity contribution < 1.29 is 0 Å². The fourth-order valence-corrected chi connectivity index (χ4v) is 2.94. The van der Waals surface area contributed by atoms with Crippen LogP contribution in [0.3, 0.4) is 0 Å². The van der Waals surface area contributed by atoms with Crippen molar-refractivity contribution in [2.45, 2.75) is 12.6 Å². The first kappa shape index (κ1) is 19.9. The van der Waals surface area contributed by atoms with E-state index in [0.29, 0.717) is 6.04 Å². The van der Waals surface area contributed by atoms with Crippen LogP contribution in [0, 0.1) is 0 Å². The molecular formula is C17H25IN4S. The SMILES string of the molecule is CN=C(NCc1ccsc1)NCC(c1ccccc1)N(C)C.I. The number of nitrogens with one attached hydrogen (secondary N) is 2. The Kier molecular flexibility index (Phi) is 9.20. The summed E-state index contributed by atoms with van der Waals surface area (Å²) in [7, 11) is 6.00. The summed E-state index contributed by atoms with van der Waals surface area (Å²) in [4.78, 5) is 6.51. The number of hydrogen-bond acceptors (Lipinski definition) is 3. The first-order valence-corrected chi connectivity index (χ1v) is 8.32. The second kappa shape index (κ2) is 10.6. The molecule has 2 aromatic rings. The number of likely N-dealkylation sites (N-methyl/N-ethyl adjacent to an activating group) is 1. The van der Waals surface area contributed by atoms with Crippen LogP contribution in [0.25, 0.3) is 0 Å². The molecule has 1 atom stereocenters. The van der Waals surface area contributed by atoms with Crippen molar-refractivity contribution in [3.8, 4) is 0 Å². The Balaban J connectivity index is 0.00000264. The van der Waals surface area contributed by atoms with Crippen LogP contribution >= 0.6 is 35.3 Å². The Bertz CT molecular complexity index is 570. The number of guanidine groups is 1. The maximum absolute atomic E-state index is 4.29. The minimum atomic E-state index is 0. The van der Waals surface area contributed by atoms with Crippen LogP contribution in [-0.4, -0.2) is 38.5 Å². The Hall–Kier alpha value is -1.12. The number of hydrogen-bond donors (Lipinski definition) is 2. The van der Waals surface area contributed by atoms with Crippen molar-refractivity contribution in [2.24, 2.45) is 4.99 Å². The Morgan fingerprint density at radius 2 is 1.91 bits per heavy atom. The molecule has 2 N–H and O–H groups in total. The molecule has 23 heavy (non-hydrogen) atoms. The van der Waals surface area contributed by atoms with Crippen LogP contribution in [0.4, 0.5) is 0 Å². The van der Waals surface area contributed by atoms with Gasteiger partial charge < -0.3 is 15.5 Å². The third-order valence-corrected chi connectivity index (χ3v) is 4.27. The van der Waals surface area contributed by atoms with Gasteiger partial charge in [-0.05, 0) is 42.0 Å². The lowest BCUT2D eigenvalue weighted by Crippen LogP contribution is -2.41. The third-order valence-electron chi connectivity index (χ3n) is 3.53. The highest BCUT2D eigenvalue weighted by atomic mass is 127. The lowest BCUT2D eigenvalue weighted by Gasteiger charge is -2.26. The average Bonchev–Trinajstić information content (AvgIpc) is 3.04. The predicted octanol–water partition coefficient (Wildman–Crippen LogP) is 3.33. The van der Waals surface area contributed by atoms with Gasteiger partial charge in [0.2, 0.25) is 0 Å². The van der Waals surface area contributed by atoms with Gasteiger partial charge in [-0.25, -0.2) is 0 Å². The highest BCUT2D eigenvalue weighted by molar-refractivity contribution is 14.0. The number of rotatable bonds is 6. The Labute approximate surface area is 160 Å². The van der Waals surface area contributed by atoms with Gasteiger partial charge in [-0.15, -0.1) is 24.0 Å². The first-order valence-electron chi connectivity index (χ1n) is 7.37. The van der Waals surface area contributed by atoms with Crippen molar-refractivity contribution in [3.05, 3.63) is 58.3 Å². The van der Waals surface area contributed by atoms with Crippen LogP contribution in [0.5, 0.6) is 0 Å². The van der Waals surface area contributed by atoms with Gasteiger partial charge in [0.25, 0.3) is 0 Å². The van der Waals surface area contributed by atoms with Gasteiger partial charge in [0, 0.05) is 20.1 Å². The van der Waals surface area contributed by atoms with E-state index in [-0.39, 0.29) is 24.0 Å². The summed E-state index contributed by atoms with van der Waals surface area (Å²) in [6.07, 6.45) is 0. The second-order valence-electron chi connectivity index (χ2n) is 5.33. The van der Waals surface area contributed by atoms with E-state index in [1.54, 1.807) is 18.4 Å². The minimum absolute atomic E-state index is 0. The topological polar surface area (TPSA) is 39.7 Å². The molecule has 0 spiro atoms. The van der Waals surface area contributed by atoms with Gasteiger partial charge in [-0.3, -0.25) is 4.99 Å². The number of thiophene rings is 1. The summed E-state index contributed by atoms with van der Waals surface area (Å²) in [5.74, 6) is 0.828. The van der Waals surface area contributed by atoms with Gasteiger partial charge >= 0.3 is 0 Å². The summed E-state index contributed by atoms with van der Waals surface area (Å²) in [5.41, 5.74) is 2.58. The molecule has 1 unspecified atom stereocenters. The number of nitrogens with zero attached hydrogens (tertiary/aromatic N) is 2. The monoisotopic (exact) mass is 444 g/mol. The minimum Gasteiger partial charge on any atom is -0.354 e. The van der Waals surface area contributed by atoms with E-state index in [4.69, 9.17) is 0 Å². The molecule has 0 amide bonds. The van der Waals surface area contributed by atoms with Crippen molar-refractivity contribution in [1.29, 1.82) is 0 Å². The Morgan fingerprint density at radius 3 is 2.48 bits per heavy atom. The molecule has 0 fully saturated rings. The fraction of sp³-hybridized carbons (Fsp3) is 0.353. The van der Waals surface area contributed by atoms with E-state index in [1.807, 2.05) is 6.07 Å². The van der Waals surface area contributed by atoms with Gasteiger partial charge in [0.1, 0.15) is 0 Å². The molecule has 1 aromatic carbocycles. The highest BCUT2D eigenvalue weighted by Gasteiger charge is 2.14. The van der Waals surface area contributed by atoms with Crippen LogP contribution in [0.15, 0.2) is 52.2 Å². The zero-order chi connectivity index (χ0) is 15.8. The zero-order valence-corrected chi connectivity index (χ0v) is 17.0. The van der Waals surface area contributed by atoms with Crippen LogP contribution in [-0.2, 0) is 6.54 Å². The van der Waals surface area contributed by atoms with E-state index in [9.17, 15) is 0 Å². The second-order valence-corrected chi connectivity index (χ2v) is 6.11. The molecule has 0 aliphatic heterocycles. The van der Waals surface area contributed by atoms with E-state index < -0.39 is 0 Å². The van der Waals surface area contributed by atoms with Crippen LogP contribution in [0.1, 0.15) is 17.2 Å². The molecule has 4 nitrogen and oxygen atoms in total. The summed E-state index contributed by atoms with van der Waals surface area (Å²) in [5, 5.41) is 11.0. The normalized spacial score (nSPS) is 12.6. The van der Waals surface area contributed by atoms with Crippen LogP contribution < -0.4 is 10.6 Å². The number of halogens is 1. The molecule has 126 valence electrons. The largest absolute Gasteiger partial charge is 0.354 e. The molecule has 0 saturated heterocycles. The van der Waals surface area contributed by atoms with E-state index in [2.05, 4.69) is 75.7 Å². The summed E-state index contributed by atoms with van der Waals surface area (Å²) >= 11 is 1.71. The summed E-state index contributed by atoms with van der Waals surface area (Å²) < 4.78 is 0. The average molecular weight is 444 g/mol. The molecule has 0 saturated carbocycles. The van der Waals surface area contributed by atoms with E-state index in [0.717, 1.165) is 19.0 Å². The summed E-state index contributed by atoms with van der Waals surface area (Å²) in [6, 6.07) is 13.0. The summed E-state index contributed by atoms with van der Waals surface area (Å²) in [6.45, 7) is 1.60. The maximum atomic E-state index is 4.29. The first-order chi connectivity index (χ1) is 10.7. The van der Waals surface area contributed by atoms with Crippen molar-refractivity contribution in [3.63, 3.8) is 0 Å². The molecular weight excluding hydrogens is 419 g/mol. The van der Waals surface area contributed by atoms with Crippen molar-refractivity contribution in [1.82, 2.24) is 15.5 Å². The Morgan fingerprint density at radius 1 is 1.17 bits per heavy atom. The standard InChI is InChI=1S/C17H24N4S.HI/c1-18-17(19-11-14-9-10-22-13-14)20-12-16(21(2)3)15-7-5-4-6-8-15;/h4-10,13,16H,11-12H2,1-3H3,(H2,18,19,20);1H. The quantitative estimate of drug-likeness (QED) is 0.408. The van der Waals surface area contributed by atoms with Crippen molar-refractivity contribution >= 4 is 41.3 Å². The molecule has 0 aliphatic carbocycles. The third kappa shape index (κ3) is 6.48. The maximum Gasteiger partial charge on any atom is 0.191 e. The lowest BCUT2D eigenvalue weighted by atomic mass is 10.1. The molecule has 0 aliphatic rings. The molecule has 0 radical (unpaired) electrons.